The normalized spacial score (nSPS) is 17.3. The molecule has 1 aromatic carbocycles. The summed E-state index contributed by atoms with van der Waals surface area (Å²) in [4.78, 5) is 5.98. The summed E-state index contributed by atoms with van der Waals surface area (Å²) in [5.41, 5.74) is 3.21. The minimum atomic E-state index is 0.301. The highest BCUT2D eigenvalue weighted by molar-refractivity contribution is 7.16. The minimum absolute atomic E-state index is 0.301. The van der Waals surface area contributed by atoms with Crippen LogP contribution in [0.1, 0.15) is 48.8 Å². The second kappa shape index (κ2) is 7.01. The Kier molecular flexibility index (Phi) is 4.96. The summed E-state index contributed by atoms with van der Waals surface area (Å²) < 4.78 is 5.37. The Balaban J connectivity index is 1.93. The van der Waals surface area contributed by atoms with Gasteiger partial charge in [-0.2, -0.15) is 5.26 Å². The molecule has 0 unspecified atom stereocenters. The topological polar surface area (TPSA) is 45.4 Å². The third-order valence-corrected chi connectivity index (χ3v) is 6.21. The van der Waals surface area contributed by atoms with Crippen molar-refractivity contribution in [2.24, 2.45) is 16.3 Å². The number of fused-ring (bicyclic) bond motifs is 1. The van der Waals surface area contributed by atoms with E-state index in [2.05, 4.69) is 31.8 Å². The molecule has 3 rings (SSSR count). The lowest BCUT2D eigenvalue weighted by atomic mass is 9.72. The monoisotopic (exact) mass is 352 g/mol. The summed E-state index contributed by atoms with van der Waals surface area (Å²) in [7, 11) is 1.66. The first-order valence-electron chi connectivity index (χ1n) is 8.65. The molecule has 0 radical (unpaired) electrons. The molecule has 0 fully saturated rings. The van der Waals surface area contributed by atoms with Crippen LogP contribution in [-0.2, 0) is 12.8 Å². The largest absolute Gasteiger partial charge is 0.496 e. The molecule has 1 atom stereocenters. The Hall–Kier alpha value is -2.12. The van der Waals surface area contributed by atoms with E-state index < -0.39 is 0 Å². The maximum atomic E-state index is 9.65. The van der Waals surface area contributed by atoms with E-state index in [1.165, 1.54) is 10.4 Å². The van der Waals surface area contributed by atoms with Crippen molar-refractivity contribution in [3.8, 4) is 11.8 Å². The van der Waals surface area contributed by atoms with Crippen molar-refractivity contribution < 1.29 is 4.74 Å². The van der Waals surface area contributed by atoms with Crippen LogP contribution >= 0.6 is 11.3 Å². The molecular weight excluding hydrogens is 328 g/mol. The second-order valence-electron chi connectivity index (χ2n) is 7.60. The van der Waals surface area contributed by atoms with Gasteiger partial charge in [-0.1, -0.05) is 32.9 Å². The summed E-state index contributed by atoms with van der Waals surface area (Å²) in [5.74, 6) is 1.45. The van der Waals surface area contributed by atoms with Gasteiger partial charge in [-0.25, -0.2) is 4.99 Å². The molecule has 0 bridgehead atoms. The van der Waals surface area contributed by atoms with Gasteiger partial charge in [0.1, 0.15) is 16.8 Å². The first kappa shape index (κ1) is 17.7. The number of aliphatic imine (C=N–C) groups is 1. The Morgan fingerprint density at radius 1 is 1.32 bits per heavy atom. The number of thiophene rings is 1. The first-order valence-corrected chi connectivity index (χ1v) is 9.47. The number of nitrogens with zero attached hydrogens (tertiary/aromatic N) is 2. The lowest BCUT2D eigenvalue weighted by Crippen LogP contribution is -2.26. The Morgan fingerprint density at radius 2 is 2.08 bits per heavy atom. The third kappa shape index (κ3) is 3.62. The molecule has 0 amide bonds. The number of hydrogen-bond acceptors (Lipinski definition) is 4. The van der Waals surface area contributed by atoms with Gasteiger partial charge < -0.3 is 4.74 Å². The van der Waals surface area contributed by atoms with Gasteiger partial charge in [0.05, 0.1) is 12.7 Å². The van der Waals surface area contributed by atoms with Gasteiger partial charge >= 0.3 is 0 Å². The quantitative estimate of drug-likeness (QED) is 0.682. The fourth-order valence-electron chi connectivity index (χ4n) is 3.42. The zero-order chi connectivity index (χ0) is 18.0. The van der Waals surface area contributed by atoms with E-state index in [4.69, 9.17) is 4.74 Å². The van der Waals surface area contributed by atoms with Crippen molar-refractivity contribution in [2.45, 2.75) is 40.0 Å². The third-order valence-electron chi connectivity index (χ3n) is 5.04. The number of ether oxygens (including phenoxy) is 1. The van der Waals surface area contributed by atoms with Gasteiger partial charge in [0.25, 0.3) is 0 Å². The molecule has 1 heterocycles. The van der Waals surface area contributed by atoms with Crippen LogP contribution in [0.2, 0.25) is 0 Å². The molecule has 0 saturated heterocycles. The van der Waals surface area contributed by atoms with Crippen molar-refractivity contribution in [3.05, 3.63) is 45.8 Å². The van der Waals surface area contributed by atoms with Crippen molar-refractivity contribution in [1.82, 2.24) is 0 Å². The number of hydrogen-bond donors (Lipinski definition) is 0. The van der Waals surface area contributed by atoms with E-state index in [0.29, 0.717) is 11.3 Å². The zero-order valence-corrected chi connectivity index (χ0v) is 16.1. The average Bonchev–Trinajstić information content (AvgIpc) is 2.96. The predicted molar refractivity (Wildman–Crippen MR) is 104 cm³/mol. The Morgan fingerprint density at radius 3 is 2.76 bits per heavy atom. The van der Waals surface area contributed by atoms with Crippen LogP contribution in [0.4, 0.5) is 5.00 Å². The van der Waals surface area contributed by atoms with Crippen LogP contribution in [0.5, 0.6) is 5.75 Å². The van der Waals surface area contributed by atoms with Crippen LogP contribution in [0.15, 0.2) is 29.3 Å². The second-order valence-corrected chi connectivity index (χ2v) is 8.69. The molecule has 3 nitrogen and oxygen atoms in total. The van der Waals surface area contributed by atoms with E-state index in [1.807, 2.05) is 24.3 Å². The first-order chi connectivity index (χ1) is 11.9. The summed E-state index contributed by atoms with van der Waals surface area (Å²) in [6.45, 7) is 6.92. The molecule has 1 aliphatic rings. The highest BCUT2D eigenvalue weighted by Gasteiger charge is 2.32. The molecule has 2 aromatic rings. The van der Waals surface area contributed by atoms with Gasteiger partial charge in [0, 0.05) is 16.7 Å². The maximum Gasteiger partial charge on any atom is 0.134 e. The van der Waals surface area contributed by atoms with Gasteiger partial charge in [-0.3, -0.25) is 0 Å². The molecular formula is C21H24N2OS. The molecule has 1 aromatic heterocycles. The number of methoxy groups -OCH3 is 1. The molecule has 0 N–H and O–H groups in total. The number of para-hydroxylation sites is 1. The summed E-state index contributed by atoms with van der Waals surface area (Å²) in [5, 5.41) is 10.5. The van der Waals surface area contributed by atoms with Gasteiger partial charge in [0.15, 0.2) is 0 Å². The molecule has 4 heteroatoms. The molecule has 0 aliphatic heterocycles. The van der Waals surface area contributed by atoms with Crippen LogP contribution in [-0.4, -0.2) is 13.3 Å². The van der Waals surface area contributed by atoms with Gasteiger partial charge in [-0.05, 0) is 48.3 Å². The van der Waals surface area contributed by atoms with Crippen molar-refractivity contribution in [2.75, 3.05) is 7.11 Å². The number of rotatable bonds is 3. The highest BCUT2D eigenvalue weighted by Crippen LogP contribution is 2.44. The molecule has 25 heavy (non-hydrogen) atoms. The molecule has 130 valence electrons. The van der Waals surface area contributed by atoms with Crippen LogP contribution in [0.3, 0.4) is 0 Å². The van der Waals surface area contributed by atoms with Crippen molar-refractivity contribution in [1.29, 1.82) is 5.26 Å². The van der Waals surface area contributed by atoms with Crippen LogP contribution in [0, 0.1) is 22.7 Å². The number of nitriles is 1. The van der Waals surface area contributed by atoms with Crippen molar-refractivity contribution >= 4 is 22.6 Å². The summed E-state index contributed by atoms with van der Waals surface area (Å²) >= 11 is 1.68. The van der Waals surface area contributed by atoms with E-state index in [-0.39, 0.29) is 0 Å². The van der Waals surface area contributed by atoms with E-state index in [1.54, 1.807) is 24.7 Å². The smallest absolute Gasteiger partial charge is 0.134 e. The Bertz CT molecular complexity index is 837. The fraction of sp³-hybridized carbons (Fsp3) is 0.429. The average molecular weight is 353 g/mol. The SMILES string of the molecule is COc1ccccc1C=Nc1sc2c(c1C#N)CC[C@H](C(C)(C)C)C2. The lowest BCUT2D eigenvalue weighted by molar-refractivity contribution is 0.218. The summed E-state index contributed by atoms with van der Waals surface area (Å²) in [6, 6.07) is 10.2. The highest BCUT2D eigenvalue weighted by atomic mass is 32.1. The molecule has 0 saturated carbocycles. The molecule has 1 aliphatic carbocycles. The molecule has 0 spiro atoms. The predicted octanol–water partition coefficient (Wildman–Crippen LogP) is 5.53. The summed E-state index contributed by atoms with van der Waals surface area (Å²) in [6.07, 6.45) is 5.00. The van der Waals surface area contributed by atoms with E-state index in [9.17, 15) is 5.26 Å². The Labute approximate surface area is 154 Å². The fourth-order valence-corrected chi connectivity index (χ4v) is 4.64. The standard InChI is InChI=1S/C21H24N2OS/c1-21(2,3)15-9-10-16-17(12-22)20(25-19(16)11-15)23-13-14-7-5-6-8-18(14)24-4/h5-8,13,15H,9-11H2,1-4H3/t15-/m0/s1. The van der Waals surface area contributed by atoms with Gasteiger partial charge in [0.2, 0.25) is 0 Å². The van der Waals surface area contributed by atoms with Crippen molar-refractivity contribution in [3.63, 3.8) is 0 Å². The van der Waals surface area contributed by atoms with Crippen LogP contribution < -0.4 is 4.74 Å². The van der Waals surface area contributed by atoms with E-state index in [0.717, 1.165) is 41.1 Å². The maximum absolute atomic E-state index is 9.65. The number of benzene rings is 1. The van der Waals surface area contributed by atoms with E-state index >= 15 is 0 Å². The lowest BCUT2D eigenvalue weighted by Gasteiger charge is -2.33. The van der Waals surface area contributed by atoms with Crippen LogP contribution in [0.25, 0.3) is 0 Å². The zero-order valence-electron chi connectivity index (χ0n) is 15.3. The van der Waals surface area contributed by atoms with Gasteiger partial charge in [-0.15, -0.1) is 11.3 Å². The minimum Gasteiger partial charge on any atom is -0.496 e.